The summed E-state index contributed by atoms with van der Waals surface area (Å²) in [6.45, 7) is 1.94. The molecule has 0 aliphatic carbocycles. The van der Waals surface area contributed by atoms with Crippen LogP contribution in [-0.2, 0) is 7.05 Å². The smallest absolute Gasteiger partial charge is 0.357 e. The largest absolute Gasteiger partial charge is 0.476 e. The number of amides is 1. The maximum Gasteiger partial charge on any atom is 0.357 e. The highest BCUT2D eigenvalue weighted by Gasteiger charge is 2.21. The maximum atomic E-state index is 12.3. The summed E-state index contributed by atoms with van der Waals surface area (Å²) in [7, 11) is 1.56. The van der Waals surface area contributed by atoms with Gasteiger partial charge < -0.3 is 5.11 Å². The molecule has 3 rings (SSSR count). The molecule has 1 aromatic carbocycles. The van der Waals surface area contributed by atoms with Gasteiger partial charge in [0.05, 0.1) is 15.8 Å². The molecule has 2 heterocycles. The number of carbonyl (C=O) groups is 2. The summed E-state index contributed by atoms with van der Waals surface area (Å²) in [6.07, 6.45) is 1.37. The van der Waals surface area contributed by atoms with E-state index in [4.69, 9.17) is 5.11 Å². The van der Waals surface area contributed by atoms with Gasteiger partial charge in [-0.15, -0.1) is 0 Å². The predicted octanol–water partition coefficient (Wildman–Crippen LogP) is 2.29. The third kappa shape index (κ3) is 2.44. The van der Waals surface area contributed by atoms with Gasteiger partial charge in [-0.1, -0.05) is 23.5 Å². The van der Waals surface area contributed by atoms with Crippen molar-refractivity contribution in [3.63, 3.8) is 0 Å². The fourth-order valence-corrected chi connectivity index (χ4v) is 3.06. The molecule has 0 saturated heterocycles. The molecular weight excluding hydrogens is 304 g/mol. The van der Waals surface area contributed by atoms with Crippen LogP contribution >= 0.6 is 11.3 Å². The van der Waals surface area contributed by atoms with Crippen LogP contribution in [0.2, 0.25) is 0 Å². The van der Waals surface area contributed by atoms with E-state index in [0.29, 0.717) is 5.13 Å². The summed E-state index contributed by atoms with van der Waals surface area (Å²) in [5.74, 6) is -1.78. The number of nitrogens with one attached hydrogen (secondary N) is 1. The molecule has 7 nitrogen and oxygen atoms in total. The molecule has 0 unspecified atom stereocenters. The number of hydrogen-bond acceptors (Lipinski definition) is 5. The molecule has 8 heteroatoms. The van der Waals surface area contributed by atoms with E-state index in [-0.39, 0.29) is 11.3 Å². The number of nitrogens with zero attached hydrogens (tertiary/aromatic N) is 3. The number of para-hydroxylation sites is 1. The van der Waals surface area contributed by atoms with Gasteiger partial charge in [-0.25, -0.2) is 9.78 Å². The van der Waals surface area contributed by atoms with Gasteiger partial charge in [0, 0.05) is 13.2 Å². The quantitative estimate of drug-likeness (QED) is 0.772. The number of aromatic nitrogens is 3. The van der Waals surface area contributed by atoms with Gasteiger partial charge in [0.25, 0.3) is 5.91 Å². The lowest BCUT2D eigenvalue weighted by Gasteiger charge is -1.99. The van der Waals surface area contributed by atoms with E-state index in [1.54, 1.807) is 7.05 Å². The van der Waals surface area contributed by atoms with Crippen LogP contribution in [0.4, 0.5) is 5.13 Å². The van der Waals surface area contributed by atoms with E-state index < -0.39 is 11.9 Å². The van der Waals surface area contributed by atoms with E-state index >= 15 is 0 Å². The molecule has 0 aliphatic heterocycles. The molecule has 0 radical (unpaired) electrons. The zero-order chi connectivity index (χ0) is 15.9. The average Bonchev–Trinajstić information content (AvgIpc) is 3.03. The second-order valence-electron chi connectivity index (χ2n) is 4.76. The first-order valence-corrected chi connectivity index (χ1v) is 7.22. The predicted molar refractivity (Wildman–Crippen MR) is 82.5 cm³/mol. The highest BCUT2D eigenvalue weighted by Crippen LogP contribution is 2.28. The lowest BCUT2D eigenvalue weighted by atomic mass is 10.2. The fourth-order valence-electron chi connectivity index (χ4n) is 2.12. The van der Waals surface area contributed by atoms with E-state index in [2.05, 4.69) is 15.4 Å². The van der Waals surface area contributed by atoms with E-state index in [1.807, 2.05) is 25.1 Å². The SMILES string of the molecule is Cc1cccc2sc(NC(=O)c3cn(C)nc3C(=O)O)nc12. The first-order chi connectivity index (χ1) is 10.5. The molecule has 22 heavy (non-hydrogen) atoms. The second-order valence-corrected chi connectivity index (χ2v) is 5.80. The molecule has 0 atom stereocenters. The first-order valence-electron chi connectivity index (χ1n) is 6.40. The van der Waals surface area contributed by atoms with Crippen LogP contribution in [0.5, 0.6) is 0 Å². The van der Waals surface area contributed by atoms with Crippen molar-refractivity contribution >= 4 is 38.6 Å². The third-order valence-corrected chi connectivity index (χ3v) is 4.05. The summed E-state index contributed by atoms with van der Waals surface area (Å²) < 4.78 is 2.25. The molecule has 0 bridgehead atoms. The minimum absolute atomic E-state index is 0.00554. The summed E-state index contributed by atoms with van der Waals surface area (Å²) in [4.78, 5) is 27.7. The number of fused-ring (bicyclic) bond motifs is 1. The molecule has 3 aromatic rings. The zero-order valence-electron chi connectivity index (χ0n) is 11.8. The lowest BCUT2D eigenvalue weighted by molar-refractivity contribution is 0.0685. The second kappa shape index (κ2) is 5.23. The van der Waals surface area contributed by atoms with Crippen LogP contribution < -0.4 is 5.32 Å². The van der Waals surface area contributed by atoms with E-state index in [1.165, 1.54) is 22.2 Å². The topological polar surface area (TPSA) is 97.1 Å². The zero-order valence-corrected chi connectivity index (χ0v) is 12.6. The molecule has 112 valence electrons. The summed E-state index contributed by atoms with van der Waals surface area (Å²) >= 11 is 1.34. The number of hydrogen-bond donors (Lipinski definition) is 2. The molecule has 0 spiro atoms. The Balaban J connectivity index is 1.93. The highest BCUT2D eigenvalue weighted by molar-refractivity contribution is 7.22. The van der Waals surface area contributed by atoms with Gasteiger partial charge in [-0.3, -0.25) is 14.8 Å². The van der Waals surface area contributed by atoms with Crippen LogP contribution in [0, 0.1) is 6.92 Å². The monoisotopic (exact) mass is 316 g/mol. The first kappa shape index (κ1) is 14.2. The Morgan fingerprint density at radius 2 is 2.14 bits per heavy atom. The molecule has 0 fully saturated rings. The number of carboxylic acids is 1. The molecule has 0 saturated carbocycles. The lowest BCUT2D eigenvalue weighted by Crippen LogP contribution is -2.15. The Morgan fingerprint density at radius 3 is 2.82 bits per heavy atom. The summed E-state index contributed by atoms with van der Waals surface area (Å²) in [5.41, 5.74) is 1.57. The number of benzene rings is 1. The van der Waals surface area contributed by atoms with Crippen molar-refractivity contribution in [3.8, 4) is 0 Å². The Labute approximate surface area is 129 Å². The van der Waals surface area contributed by atoms with Crippen molar-refractivity contribution in [2.24, 2.45) is 7.05 Å². The van der Waals surface area contributed by atoms with Crippen molar-refractivity contribution in [3.05, 3.63) is 41.2 Å². The molecule has 2 aromatic heterocycles. The number of carbonyl (C=O) groups excluding carboxylic acids is 1. The summed E-state index contributed by atoms with van der Waals surface area (Å²) in [5, 5.41) is 15.9. The number of carboxylic acid groups (broad SMARTS) is 1. The highest BCUT2D eigenvalue weighted by atomic mass is 32.1. The Morgan fingerprint density at radius 1 is 1.36 bits per heavy atom. The van der Waals surface area contributed by atoms with Crippen LogP contribution in [0.25, 0.3) is 10.2 Å². The van der Waals surface area contributed by atoms with Crippen molar-refractivity contribution in [2.75, 3.05) is 5.32 Å². The minimum atomic E-state index is -1.24. The Kier molecular flexibility index (Phi) is 3.38. The number of thiazole rings is 1. The van der Waals surface area contributed by atoms with Crippen LogP contribution in [0.15, 0.2) is 24.4 Å². The molecule has 2 N–H and O–H groups in total. The number of rotatable bonds is 3. The van der Waals surface area contributed by atoms with Gasteiger partial charge in [0.2, 0.25) is 0 Å². The van der Waals surface area contributed by atoms with Gasteiger partial charge in [-0.2, -0.15) is 5.10 Å². The minimum Gasteiger partial charge on any atom is -0.476 e. The number of aromatic carboxylic acids is 1. The Hall–Kier alpha value is -2.74. The standard InChI is InChI=1S/C14H12N4O3S/c1-7-4-3-5-9-10(7)15-14(22-9)16-12(19)8-6-18(2)17-11(8)13(20)21/h3-6H,1-2H3,(H,20,21)(H,15,16,19). The summed E-state index contributed by atoms with van der Waals surface area (Å²) in [6, 6.07) is 5.78. The van der Waals surface area contributed by atoms with Crippen LogP contribution in [-0.4, -0.2) is 31.7 Å². The van der Waals surface area contributed by atoms with E-state index in [9.17, 15) is 9.59 Å². The van der Waals surface area contributed by atoms with Crippen molar-refractivity contribution < 1.29 is 14.7 Å². The average molecular weight is 316 g/mol. The number of aryl methyl sites for hydroxylation is 2. The maximum absolute atomic E-state index is 12.3. The Bertz CT molecular complexity index is 897. The van der Waals surface area contributed by atoms with Crippen LogP contribution in [0.1, 0.15) is 26.4 Å². The fraction of sp³-hybridized carbons (Fsp3) is 0.143. The van der Waals surface area contributed by atoms with E-state index in [0.717, 1.165) is 15.8 Å². The normalized spacial score (nSPS) is 10.8. The number of anilines is 1. The van der Waals surface area contributed by atoms with Crippen LogP contribution in [0.3, 0.4) is 0 Å². The van der Waals surface area contributed by atoms with Gasteiger partial charge in [0.15, 0.2) is 10.8 Å². The molecular formula is C14H12N4O3S. The third-order valence-electron chi connectivity index (χ3n) is 3.12. The van der Waals surface area contributed by atoms with Crippen molar-refractivity contribution in [1.82, 2.24) is 14.8 Å². The van der Waals surface area contributed by atoms with Gasteiger partial charge in [0.1, 0.15) is 0 Å². The van der Waals surface area contributed by atoms with Gasteiger partial charge >= 0.3 is 5.97 Å². The van der Waals surface area contributed by atoms with Gasteiger partial charge in [-0.05, 0) is 18.6 Å². The van der Waals surface area contributed by atoms with Crippen molar-refractivity contribution in [1.29, 1.82) is 0 Å². The molecule has 1 amide bonds. The van der Waals surface area contributed by atoms with Crippen molar-refractivity contribution in [2.45, 2.75) is 6.92 Å². The molecule has 0 aliphatic rings.